The van der Waals surface area contributed by atoms with Crippen LogP contribution < -0.4 is 5.32 Å². The van der Waals surface area contributed by atoms with Crippen molar-refractivity contribution in [3.8, 4) is 5.69 Å². The topological polar surface area (TPSA) is 54.8 Å². The van der Waals surface area contributed by atoms with E-state index in [2.05, 4.69) is 204 Å². The predicted octanol–water partition coefficient (Wildman–Crippen LogP) is 16.2. The summed E-state index contributed by atoms with van der Waals surface area (Å²) >= 11 is 3.65. The molecule has 0 spiro atoms. The summed E-state index contributed by atoms with van der Waals surface area (Å²) in [5, 5.41) is 17.9. The van der Waals surface area contributed by atoms with Crippen molar-refractivity contribution in [2.24, 2.45) is 9.98 Å². The van der Waals surface area contributed by atoms with Crippen LogP contribution in [-0.2, 0) is 0 Å². The minimum Gasteiger partial charge on any atom is -0.454 e. The third-order valence-corrected chi connectivity index (χ3v) is 15.9. The molecule has 14 aromatic rings. The average Bonchev–Trinajstić information content (AvgIpc) is 4.13. The van der Waals surface area contributed by atoms with Crippen LogP contribution >= 0.6 is 22.7 Å². The van der Waals surface area contributed by atoms with Crippen LogP contribution in [-0.4, -0.2) is 16.2 Å². The van der Waals surface area contributed by atoms with Crippen molar-refractivity contribution in [2.45, 2.75) is 6.17 Å². The molecule has 0 aliphatic carbocycles. The molecule has 66 heavy (non-hydrogen) atoms. The maximum absolute atomic E-state index is 7.08. The minimum absolute atomic E-state index is 0.432. The molecule has 0 saturated heterocycles. The lowest BCUT2D eigenvalue weighted by Gasteiger charge is -2.25. The first kappa shape index (κ1) is 36.3. The molecule has 4 aromatic heterocycles. The van der Waals surface area contributed by atoms with Crippen molar-refractivity contribution < 1.29 is 4.42 Å². The molecule has 308 valence electrons. The van der Waals surface area contributed by atoms with E-state index in [4.69, 9.17) is 14.4 Å². The van der Waals surface area contributed by atoms with Gasteiger partial charge in [0.25, 0.3) is 0 Å². The van der Waals surface area contributed by atoms with Gasteiger partial charge in [-0.05, 0) is 88.3 Å². The molecule has 1 N–H and O–H groups in total. The molecule has 0 radical (unpaired) electrons. The van der Waals surface area contributed by atoms with Gasteiger partial charge in [-0.15, -0.1) is 22.7 Å². The lowest BCUT2D eigenvalue weighted by atomic mass is 10.0. The Morgan fingerprint density at radius 2 is 1.08 bits per heavy atom. The molecule has 0 saturated carbocycles. The van der Waals surface area contributed by atoms with Crippen LogP contribution in [0.4, 0.5) is 0 Å². The SMILES string of the molecule is c1ccc2cc3c(cc2c1)oc1c(-n2c4ccccc4c4cc5ccccc5cc42)cc(C2=NC(c4cccc5sc6ccccc6c45)NC(c4cccc5sc6ccccc6c45)=N2)cc13. The molecule has 1 atom stereocenters. The smallest absolute Gasteiger partial charge is 0.159 e. The van der Waals surface area contributed by atoms with Crippen LogP contribution in [0.1, 0.15) is 22.9 Å². The van der Waals surface area contributed by atoms with Crippen LogP contribution in [0, 0.1) is 0 Å². The first-order chi connectivity index (χ1) is 32.7. The molecule has 5 nitrogen and oxygen atoms in total. The van der Waals surface area contributed by atoms with Crippen molar-refractivity contribution >= 4 is 140 Å². The Kier molecular flexibility index (Phi) is 7.53. The molecular weight excluding hydrogens is 845 g/mol. The van der Waals surface area contributed by atoms with E-state index in [0.29, 0.717) is 5.84 Å². The van der Waals surface area contributed by atoms with E-state index in [9.17, 15) is 0 Å². The maximum atomic E-state index is 7.08. The zero-order valence-corrected chi connectivity index (χ0v) is 36.8. The van der Waals surface area contributed by atoms with Gasteiger partial charge in [-0.2, -0.15) is 0 Å². The number of aromatic nitrogens is 1. The van der Waals surface area contributed by atoms with Crippen LogP contribution in [0.2, 0.25) is 0 Å². The average molecular weight is 879 g/mol. The fraction of sp³-hybridized carbons (Fsp3) is 0.0169. The Morgan fingerprint density at radius 3 is 1.85 bits per heavy atom. The van der Waals surface area contributed by atoms with E-state index in [1.54, 1.807) is 0 Å². The van der Waals surface area contributed by atoms with Crippen LogP contribution in [0.5, 0.6) is 0 Å². The molecular formula is C59H34N4OS2. The molecule has 1 aliphatic heterocycles. The minimum atomic E-state index is -0.432. The largest absolute Gasteiger partial charge is 0.454 e. The summed E-state index contributed by atoms with van der Waals surface area (Å²) in [5.41, 5.74) is 7.90. The summed E-state index contributed by atoms with van der Waals surface area (Å²) in [7, 11) is 0. The number of nitrogens with one attached hydrogen (secondary N) is 1. The Bertz CT molecular complexity index is 4470. The first-order valence-corrected chi connectivity index (χ1v) is 23.9. The van der Waals surface area contributed by atoms with Gasteiger partial charge in [0.15, 0.2) is 11.4 Å². The Balaban J connectivity index is 1.05. The second-order valence-corrected chi connectivity index (χ2v) is 19.5. The molecule has 1 aliphatic rings. The van der Waals surface area contributed by atoms with E-state index in [0.717, 1.165) is 72.0 Å². The summed E-state index contributed by atoms with van der Waals surface area (Å²) in [6.45, 7) is 0. The summed E-state index contributed by atoms with van der Waals surface area (Å²) in [4.78, 5) is 11.3. The van der Waals surface area contributed by atoms with Crippen molar-refractivity contribution in [3.63, 3.8) is 0 Å². The quantitative estimate of drug-likeness (QED) is 0.191. The summed E-state index contributed by atoms with van der Waals surface area (Å²) in [5.74, 6) is 1.45. The van der Waals surface area contributed by atoms with Crippen molar-refractivity contribution in [3.05, 3.63) is 211 Å². The number of thiophene rings is 2. The molecule has 0 amide bonds. The normalized spacial score (nSPS) is 14.5. The van der Waals surface area contributed by atoms with Crippen LogP contribution in [0.25, 0.3) is 111 Å². The van der Waals surface area contributed by atoms with Gasteiger partial charge < -0.3 is 14.3 Å². The predicted molar refractivity (Wildman–Crippen MR) is 281 cm³/mol. The molecule has 5 heterocycles. The number of fused-ring (bicyclic) bond motifs is 14. The van der Waals surface area contributed by atoms with E-state index < -0.39 is 6.17 Å². The van der Waals surface area contributed by atoms with Crippen LogP contribution in [0.3, 0.4) is 0 Å². The lowest BCUT2D eigenvalue weighted by Crippen LogP contribution is -2.33. The Hall–Kier alpha value is -8.10. The van der Waals surface area contributed by atoms with Gasteiger partial charge in [0.2, 0.25) is 0 Å². The number of benzene rings is 10. The second-order valence-electron chi connectivity index (χ2n) is 17.3. The van der Waals surface area contributed by atoms with Gasteiger partial charge in [-0.1, -0.05) is 127 Å². The standard InChI is InChI=1S/C59H34N4OS2/c1-3-15-35-30-47-43(27-33(35)13-1)38-17-5-8-22-46(38)63(47)48-31-37(29-45-44-28-34-14-2-4-16-36(34)32-49(44)64-56(45)48)57-60-58(41-20-11-25-52-54(41)39-18-6-9-23-50(39)65-52)62-59(61-57)42-21-12-26-53-55(42)40-19-7-10-24-51(40)66-53/h1-32,58H,(H,60,61,62). The fourth-order valence-electron chi connectivity index (χ4n) is 10.6. The Morgan fingerprint density at radius 1 is 0.470 bits per heavy atom. The highest BCUT2D eigenvalue weighted by atomic mass is 32.1. The third kappa shape index (κ3) is 5.26. The summed E-state index contributed by atoms with van der Waals surface area (Å²) in [6.07, 6.45) is -0.432. The van der Waals surface area contributed by atoms with Crippen molar-refractivity contribution in [1.29, 1.82) is 0 Å². The highest BCUT2D eigenvalue weighted by Crippen LogP contribution is 2.44. The molecule has 15 rings (SSSR count). The second kappa shape index (κ2) is 13.7. The molecule has 1 unspecified atom stereocenters. The molecule has 7 heteroatoms. The fourth-order valence-corrected chi connectivity index (χ4v) is 12.9. The first-order valence-electron chi connectivity index (χ1n) is 22.2. The van der Waals surface area contributed by atoms with Gasteiger partial charge in [-0.25, -0.2) is 9.98 Å². The number of hydrogen-bond donors (Lipinski definition) is 1. The number of hydrogen-bond acceptors (Lipinski definition) is 6. The highest BCUT2D eigenvalue weighted by molar-refractivity contribution is 7.26. The van der Waals surface area contributed by atoms with Crippen molar-refractivity contribution in [1.82, 2.24) is 9.88 Å². The number of rotatable bonds is 4. The van der Waals surface area contributed by atoms with Gasteiger partial charge >= 0.3 is 0 Å². The van der Waals surface area contributed by atoms with E-state index in [-0.39, 0.29) is 0 Å². The number of nitrogens with zero attached hydrogens (tertiary/aromatic N) is 3. The highest BCUT2D eigenvalue weighted by Gasteiger charge is 2.28. The third-order valence-electron chi connectivity index (χ3n) is 13.6. The molecule has 0 bridgehead atoms. The van der Waals surface area contributed by atoms with Crippen molar-refractivity contribution in [2.75, 3.05) is 0 Å². The van der Waals surface area contributed by atoms with Gasteiger partial charge in [0, 0.05) is 78.6 Å². The number of aliphatic imine (C=N–C) groups is 2. The number of furan rings is 1. The van der Waals surface area contributed by atoms with E-state index in [1.165, 1.54) is 61.9 Å². The van der Waals surface area contributed by atoms with Crippen LogP contribution in [0.15, 0.2) is 209 Å². The molecule has 10 aromatic carbocycles. The number of para-hydroxylation sites is 1. The van der Waals surface area contributed by atoms with E-state index in [1.807, 2.05) is 22.7 Å². The van der Waals surface area contributed by atoms with Gasteiger partial charge in [-0.3, -0.25) is 0 Å². The lowest BCUT2D eigenvalue weighted by molar-refractivity contribution is 0.667. The van der Waals surface area contributed by atoms with Gasteiger partial charge in [0.05, 0.1) is 16.7 Å². The monoisotopic (exact) mass is 878 g/mol. The summed E-state index contributed by atoms with van der Waals surface area (Å²) < 4.78 is 14.5. The maximum Gasteiger partial charge on any atom is 0.159 e. The number of amidine groups is 2. The zero-order chi connectivity index (χ0) is 43.0. The molecule has 0 fully saturated rings. The Labute approximate surface area is 384 Å². The zero-order valence-electron chi connectivity index (χ0n) is 35.1. The van der Waals surface area contributed by atoms with Gasteiger partial charge in [0.1, 0.15) is 17.6 Å². The summed E-state index contributed by atoms with van der Waals surface area (Å²) in [6, 6.07) is 70.1. The van der Waals surface area contributed by atoms with E-state index >= 15 is 0 Å².